The van der Waals surface area contributed by atoms with Crippen LogP contribution in [-0.2, 0) is 6.42 Å². The van der Waals surface area contributed by atoms with Crippen LogP contribution < -0.4 is 5.73 Å². The zero-order valence-corrected chi connectivity index (χ0v) is 8.45. The van der Waals surface area contributed by atoms with Crippen LogP contribution in [0, 0.1) is 0 Å². The number of piperidine rings is 1. The highest BCUT2D eigenvalue weighted by Crippen LogP contribution is 2.08. The van der Waals surface area contributed by atoms with Crippen molar-refractivity contribution >= 4 is 0 Å². The lowest BCUT2D eigenvalue weighted by molar-refractivity contribution is 0.211. The van der Waals surface area contributed by atoms with Crippen molar-refractivity contribution in [3.63, 3.8) is 0 Å². The first-order valence-electron chi connectivity index (χ1n) is 5.30. The zero-order chi connectivity index (χ0) is 9.80. The van der Waals surface area contributed by atoms with E-state index < -0.39 is 0 Å². The molecule has 3 N–H and O–H groups in total. The Bertz CT molecular complexity index is 257. The summed E-state index contributed by atoms with van der Waals surface area (Å²) in [6, 6.07) is 0.382. The average molecular weight is 194 g/mol. The fraction of sp³-hybridized carbons (Fsp3) is 0.700. The molecule has 4 heteroatoms. The molecule has 4 nitrogen and oxygen atoms in total. The van der Waals surface area contributed by atoms with Gasteiger partial charge < -0.3 is 10.6 Å². The molecule has 1 aromatic heterocycles. The highest BCUT2D eigenvalue weighted by molar-refractivity contribution is 5.02. The number of nitrogens with zero attached hydrogens (tertiary/aromatic N) is 2. The molecular weight excluding hydrogens is 176 g/mol. The van der Waals surface area contributed by atoms with Gasteiger partial charge in [0.15, 0.2) is 0 Å². The lowest BCUT2D eigenvalue weighted by Crippen LogP contribution is -2.43. The van der Waals surface area contributed by atoms with Crippen LogP contribution in [0.5, 0.6) is 0 Å². The molecule has 0 radical (unpaired) electrons. The van der Waals surface area contributed by atoms with Gasteiger partial charge in [0.1, 0.15) is 0 Å². The molecule has 0 aromatic carbocycles. The maximum absolute atomic E-state index is 5.91. The molecule has 1 aliphatic rings. The van der Waals surface area contributed by atoms with Gasteiger partial charge in [0.2, 0.25) is 0 Å². The maximum Gasteiger partial charge on any atom is 0.0519 e. The molecule has 1 aliphatic heterocycles. The maximum atomic E-state index is 5.91. The summed E-state index contributed by atoms with van der Waals surface area (Å²) in [5.41, 5.74) is 7.20. The average Bonchev–Trinajstić information content (AvgIpc) is 2.67. The minimum atomic E-state index is 0.382. The Hall–Kier alpha value is -0.870. The van der Waals surface area contributed by atoms with Gasteiger partial charge in [-0.2, -0.15) is 5.10 Å². The Labute approximate surface area is 84.5 Å². The molecule has 78 valence electrons. The van der Waals surface area contributed by atoms with Crippen LogP contribution in [-0.4, -0.2) is 40.8 Å². The van der Waals surface area contributed by atoms with Crippen molar-refractivity contribution in [1.29, 1.82) is 0 Å². The minimum Gasteiger partial charge on any atom is -0.327 e. The van der Waals surface area contributed by atoms with Gasteiger partial charge in [0, 0.05) is 25.3 Å². The Morgan fingerprint density at radius 2 is 2.57 bits per heavy atom. The quantitative estimate of drug-likeness (QED) is 0.731. The normalized spacial score (nSPS) is 23.9. The first-order chi connectivity index (χ1) is 6.84. The summed E-state index contributed by atoms with van der Waals surface area (Å²) >= 11 is 0. The number of rotatable bonds is 3. The summed E-state index contributed by atoms with van der Waals surface area (Å²) in [5, 5.41) is 6.77. The predicted molar refractivity (Wildman–Crippen MR) is 55.9 cm³/mol. The van der Waals surface area contributed by atoms with Crippen LogP contribution in [0.3, 0.4) is 0 Å². The van der Waals surface area contributed by atoms with Crippen molar-refractivity contribution in [2.75, 3.05) is 19.6 Å². The lowest BCUT2D eigenvalue weighted by Gasteiger charge is -2.30. The lowest BCUT2D eigenvalue weighted by atomic mass is 10.1. The van der Waals surface area contributed by atoms with Gasteiger partial charge in [0.05, 0.1) is 6.20 Å². The Kier molecular flexibility index (Phi) is 3.16. The number of H-pyrrole nitrogens is 1. The third-order valence-corrected chi connectivity index (χ3v) is 2.81. The number of nitrogens with one attached hydrogen (secondary N) is 1. The molecular formula is C10H18N4. The first-order valence-corrected chi connectivity index (χ1v) is 5.30. The smallest absolute Gasteiger partial charge is 0.0519 e. The van der Waals surface area contributed by atoms with Gasteiger partial charge in [-0.05, 0) is 31.4 Å². The van der Waals surface area contributed by atoms with Gasteiger partial charge in [-0.3, -0.25) is 5.10 Å². The molecule has 0 saturated carbocycles. The third-order valence-electron chi connectivity index (χ3n) is 2.81. The molecule has 14 heavy (non-hydrogen) atoms. The summed E-state index contributed by atoms with van der Waals surface area (Å²) in [7, 11) is 0. The van der Waals surface area contributed by atoms with E-state index in [9.17, 15) is 0 Å². The van der Waals surface area contributed by atoms with E-state index in [0.29, 0.717) is 6.04 Å². The summed E-state index contributed by atoms with van der Waals surface area (Å²) in [4.78, 5) is 2.45. The van der Waals surface area contributed by atoms with Crippen molar-refractivity contribution in [1.82, 2.24) is 15.1 Å². The number of nitrogens with two attached hydrogens (primary N) is 1. The van der Waals surface area contributed by atoms with Crippen LogP contribution in [0.4, 0.5) is 0 Å². The topological polar surface area (TPSA) is 57.9 Å². The van der Waals surface area contributed by atoms with E-state index in [2.05, 4.69) is 15.1 Å². The monoisotopic (exact) mass is 194 g/mol. The number of hydrogen-bond acceptors (Lipinski definition) is 3. The van der Waals surface area contributed by atoms with Crippen LogP contribution >= 0.6 is 0 Å². The van der Waals surface area contributed by atoms with Crippen LogP contribution in [0.2, 0.25) is 0 Å². The molecule has 0 unspecified atom stereocenters. The molecule has 1 aromatic rings. The summed E-state index contributed by atoms with van der Waals surface area (Å²) < 4.78 is 0. The van der Waals surface area contributed by atoms with Gasteiger partial charge in [0.25, 0.3) is 0 Å². The van der Waals surface area contributed by atoms with E-state index >= 15 is 0 Å². The number of likely N-dealkylation sites (tertiary alicyclic amines) is 1. The van der Waals surface area contributed by atoms with E-state index in [-0.39, 0.29) is 0 Å². The number of aromatic amines is 1. The Balaban J connectivity index is 1.75. The molecule has 1 fully saturated rings. The number of hydrogen-bond donors (Lipinski definition) is 2. The molecule has 0 spiro atoms. The molecule has 0 bridgehead atoms. The highest BCUT2D eigenvalue weighted by Gasteiger charge is 2.15. The van der Waals surface area contributed by atoms with Gasteiger partial charge in [-0.1, -0.05) is 0 Å². The van der Waals surface area contributed by atoms with E-state index in [1.165, 1.54) is 24.9 Å². The molecule has 2 rings (SSSR count). The predicted octanol–water partition coefficient (Wildman–Crippen LogP) is 0.375. The largest absolute Gasteiger partial charge is 0.327 e. The van der Waals surface area contributed by atoms with E-state index in [4.69, 9.17) is 5.73 Å². The van der Waals surface area contributed by atoms with Crippen LogP contribution in [0.25, 0.3) is 0 Å². The first kappa shape index (κ1) is 9.68. The summed E-state index contributed by atoms with van der Waals surface area (Å²) in [6.07, 6.45) is 7.35. The van der Waals surface area contributed by atoms with Gasteiger partial charge in [-0.15, -0.1) is 0 Å². The highest BCUT2D eigenvalue weighted by atomic mass is 15.1. The molecule has 1 atom stereocenters. The van der Waals surface area contributed by atoms with Crippen molar-refractivity contribution < 1.29 is 0 Å². The third kappa shape index (κ3) is 2.56. The van der Waals surface area contributed by atoms with Crippen molar-refractivity contribution in [3.05, 3.63) is 18.0 Å². The van der Waals surface area contributed by atoms with Crippen LogP contribution in [0.1, 0.15) is 18.4 Å². The second-order valence-corrected chi connectivity index (χ2v) is 4.06. The Morgan fingerprint density at radius 1 is 1.64 bits per heavy atom. The van der Waals surface area contributed by atoms with Gasteiger partial charge >= 0.3 is 0 Å². The fourth-order valence-corrected chi connectivity index (χ4v) is 2.00. The van der Waals surface area contributed by atoms with E-state index in [1.54, 1.807) is 0 Å². The van der Waals surface area contributed by atoms with E-state index in [1.807, 2.05) is 12.4 Å². The molecule has 1 saturated heterocycles. The van der Waals surface area contributed by atoms with Crippen LogP contribution in [0.15, 0.2) is 12.4 Å². The molecule has 0 amide bonds. The van der Waals surface area contributed by atoms with Crippen molar-refractivity contribution in [2.24, 2.45) is 5.73 Å². The van der Waals surface area contributed by atoms with E-state index in [0.717, 1.165) is 19.5 Å². The number of aromatic nitrogens is 2. The summed E-state index contributed by atoms with van der Waals surface area (Å²) in [6.45, 7) is 3.36. The van der Waals surface area contributed by atoms with Crippen molar-refractivity contribution in [2.45, 2.75) is 25.3 Å². The van der Waals surface area contributed by atoms with Gasteiger partial charge in [-0.25, -0.2) is 0 Å². The zero-order valence-electron chi connectivity index (χ0n) is 8.45. The molecule has 2 heterocycles. The SMILES string of the molecule is N[C@@H]1CCCN(CCc2cn[nH]c2)C1. The Morgan fingerprint density at radius 3 is 3.29 bits per heavy atom. The minimum absolute atomic E-state index is 0.382. The molecule has 0 aliphatic carbocycles. The fourth-order valence-electron chi connectivity index (χ4n) is 2.00. The summed E-state index contributed by atoms with van der Waals surface area (Å²) in [5.74, 6) is 0. The van der Waals surface area contributed by atoms with Crippen molar-refractivity contribution in [3.8, 4) is 0 Å². The second-order valence-electron chi connectivity index (χ2n) is 4.06. The second kappa shape index (κ2) is 4.57. The standard InChI is InChI=1S/C10H18N4/c11-10-2-1-4-14(8-10)5-3-9-6-12-13-7-9/h6-7,10H,1-5,8,11H2,(H,12,13)/t10-/m1/s1.